The molecule has 1 atom stereocenters. The highest BCUT2D eigenvalue weighted by molar-refractivity contribution is 7.14. The van der Waals surface area contributed by atoms with Crippen molar-refractivity contribution in [1.29, 1.82) is 0 Å². The molecule has 0 aliphatic carbocycles. The fourth-order valence-corrected chi connectivity index (χ4v) is 4.99. The highest BCUT2D eigenvalue weighted by Crippen LogP contribution is 2.37. The Morgan fingerprint density at radius 1 is 1.45 bits per heavy atom. The molecule has 1 aromatic heterocycles. The average Bonchev–Trinajstić information content (AvgIpc) is 3.01. The van der Waals surface area contributed by atoms with Gasteiger partial charge in [0.25, 0.3) is 5.91 Å². The van der Waals surface area contributed by atoms with E-state index in [1.807, 2.05) is 42.3 Å². The van der Waals surface area contributed by atoms with Crippen LogP contribution >= 0.6 is 34.5 Å². The maximum atomic E-state index is 12.9. The quantitative estimate of drug-likeness (QED) is 0.636. The van der Waals surface area contributed by atoms with Gasteiger partial charge < -0.3 is 11.1 Å². The van der Waals surface area contributed by atoms with E-state index in [0.29, 0.717) is 27.9 Å². The lowest BCUT2D eigenvalue weighted by molar-refractivity contribution is 0.0942. The summed E-state index contributed by atoms with van der Waals surface area (Å²) < 4.78 is 0. The molecule has 154 valence electrons. The van der Waals surface area contributed by atoms with E-state index >= 15 is 0 Å². The molecule has 3 rings (SSSR count). The van der Waals surface area contributed by atoms with Gasteiger partial charge in [-0.25, -0.2) is 0 Å². The first-order valence-corrected chi connectivity index (χ1v) is 11.0. The van der Waals surface area contributed by atoms with Gasteiger partial charge in [0.1, 0.15) is 0 Å². The predicted octanol–water partition coefficient (Wildman–Crippen LogP) is 4.49. The second kappa shape index (κ2) is 9.76. The fourth-order valence-electron chi connectivity index (χ4n) is 3.47. The van der Waals surface area contributed by atoms with Crippen LogP contribution in [0.5, 0.6) is 0 Å². The number of amides is 1. The second-order valence-corrected chi connectivity index (χ2v) is 9.08. The molecule has 0 radical (unpaired) electrons. The lowest BCUT2D eigenvalue weighted by Crippen LogP contribution is -2.41. The number of hydrogen-bond acceptors (Lipinski definition) is 5. The third-order valence-electron chi connectivity index (χ3n) is 4.81. The third kappa shape index (κ3) is 5.20. The summed E-state index contributed by atoms with van der Waals surface area (Å²) in [7, 11) is 0. The number of rotatable bonds is 6. The van der Waals surface area contributed by atoms with Crippen LogP contribution in [0.4, 0.5) is 0 Å². The zero-order chi connectivity index (χ0) is 21.0. The Hall–Kier alpha value is -1.86. The van der Waals surface area contributed by atoms with E-state index in [9.17, 15) is 4.79 Å². The van der Waals surface area contributed by atoms with Gasteiger partial charge in [0, 0.05) is 46.3 Å². The van der Waals surface area contributed by atoms with Crippen molar-refractivity contribution >= 4 is 52.9 Å². The Morgan fingerprint density at radius 2 is 2.24 bits per heavy atom. The number of halogens is 2. The van der Waals surface area contributed by atoms with Crippen LogP contribution in [0, 0.1) is 0 Å². The minimum atomic E-state index is -0.181. The van der Waals surface area contributed by atoms with E-state index in [0.717, 1.165) is 41.1 Å². The molecule has 1 aliphatic heterocycles. The number of carbonyl (C=O) groups excluding carboxylic acids is 1. The molecular formula is C21H24Cl2N4OS. The van der Waals surface area contributed by atoms with Crippen molar-refractivity contribution < 1.29 is 4.79 Å². The summed E-state index contributed by atoms with van der Waals surface area (Å²) in [5.41, 5.74) is 8.71. The zero-order valence-electron chi connectivity index (χ0n) is 16.3. The van der Waals surface area contributed by atoms with Gasteiger partial charge in [-0.3, -0.25) is 9.80 Å². The van der Waals surface area contributed by atoms with Crippen LogP contribution in [0.3, 0.4) is 0 Å². The first-order valence-electron chi connectivity index (χ1n) is 9.42. The largest absolute Gasteiger partial charge is 0.347 e. The number of allylic oxidation sites excluding steroid dienone is 1. The van der Waals surface area contributed by atoms with Crippen molar-refractivity contribution in [3.63, 3.8) is 0 Å². The van der Waals surface area contributed by atoms with Crippen molar-refractivity contribution in [3.05, 3.63) is 61.3 Å². The van der Waals surface area contributed by atoms with Crippen LogP contribution in [0.2, 0.25) is 5.02 Å². The maximum Gasteiger partial charge on any atom is 0.261 e. The number of nitrogens with zero attached hydrogens (tertiary/aromatic N) is 2. The molecule has 0 saturated carbocycles. The van der Waals surface area contributed by atoms with E-state index in [2.05, 4.69) is 17.1 Å². The number of hydrazone groups is 1. The van der Waals surface area contributed by atoms with Crippen molar-refractivity contribution in [1.82, 2.24) is 10.3 Å². The number of nitrogens with two attached hydrogens (primary N) is 1. The van der Waals surface area contributed by atoms with Gasteiger partial charge in [0.05, 0.1) is 10.6 Å². The Kier molecular flexibility index (Phi) is 7.35. The number of thiophene rings is 1. The second-order valence-electron chi connectivity index (χ2n) is 6.94. The SMILES string of the molecule is C=NN1CCCc2sc(C(=O)NC(CN)Cc3cccc(Cl)c3)cc2/C1=C(/C)Cl. The number of hydrogen-bond donors (Lipinski definition) is 2. The molecule has 0 saturated heterocycles. The molecule has 0 bridgehead atoms. The van der Waals surface area contributed by atoms with E-state index < -0.39 is 0 Å². The molecule has 8 heteroatoms. The van der Waals surface area contributed by atoms with Crippen LogP contribution in [-0.4, -0.2) is 36.8 Å². The highest BCUT2D eigenvalue weighted by atomic mass is 35.5. The van der Waals surface area contributed by atoms with Gasteiger partial charge >= 0.3 is 0 Å². The Labute approximate surface area is 185 Å². The molecule has 0 spiro atoms. The lowest BCUT2D eigenvalue weighted by atomic mass is 10.1. The normalized spacial score (nSPS) is 16.6. The zero-order valence-corrected chi connectivity index (χ0v) is 18.6. The van der Waals surface area contributed by atoms with Crippen molar-refractivity contribution in [2.75, 3.05) is 13.1 Å². The molecule has 1 amide bonds. The summed E-state index contributed by atoms with van der Waals surface area (Å²) in [4.78, 5) is 14.7. The number of benzene rings is 1. The monoisotopic (exact) mass is 450 g/mol. The Balaban J connectivity index is 1.80. The Bertz CT molecular complexity index is 937. The molecule has 3 N–H and O–H groups in total. The average molecular weight is 451 g/mol. The van der Waals surface area contributed by atoms with Gasteiger partial charge in [-0.15, -0.1) is 11.3 Å². The maximum absolute atomic E-state index is 12.9. The Morgan fingerprint density at radius 3 is 2.90 bits per heavy atom. The smallest absolute Gasteiger partial charge is 0.261 e. The summed E-state index contributed by atoms with van der Waals surface area (Å²) in [6, 6.07) is 9.30. The first kappa shape index (κ1) is 21.8. The number of nitrogens with one attached hydrogen (secondary N) is 1. The summed E-state index contributed by atoms with van der Waals surface area (Å²) in [6.45, 7) is 6.57. The van der Waals surface area contributed by atoms with E-state index in [1.165, 1.54) is 11.3 Å². The van der Waals surface area contributed by atoms with Gasteiger partial charge in [-0.2, -0.15) is 5.10 Å². The third-order valence-corrected chi connectivity index (χ3v) is 6.42. The van der Waals surface area contributed by atoms with Crippen LogP contribution in [0.15, 0.2) is 40.5 Å². The minimum absolute atomic E-state index is 0.134. The summed E-state index contributed by atoms with van der Waals surface area (Å²) in [5, 5.41) is 10.3. The van der Waals surface area contributed by atoms with Gasteiger partial charge in [-0.05, 0) is 49.9 Å². The lowest BCUT2D eigenvalue weighted by Gasteiger charge is -2.20. The van der Waals surface area contributed by atoms with Crippen molar-refractivity contribution in [3.8, 4) is 0 Å². The van der Waals surface area contributed by atoms with Crippen LogP contribution < -0.4 is 11.1 Å². The molecule has 1 aliphatic rings. The van der Waals surface area contributed by atoms with Crippen molar-refractivity contribution in [2.24, 2.45) is 10.8 Å². The van der Waals surface area contributed by atoms with Crippen LogP contribution in [0.1, 0.15) is 39.0 Å². The molecular weight excluding hydrogens is 427 g/mol. The standard InChI is InChI=1S/C21H24Cl2N4OS/c1-13(22)20-17-11-19(29-18(17)7-4-8-27(20)25-2)21(28)26-16(12-24)10-14-5-3-6-15(23)9-14/h3,5-6,9,11,16H,2,4,7-8,10,12,24H2,1H3,(H,26,28)/b20-13+. The first-order chi connectivity index (χ1) is 13.9. The topological polar surface area (TPSA) is 70.7 Å². The fraction of sp³-hybridized carbons (Fsp3) is 0.333. The molecule has 5 nitrogen and oxygen atoms in total. The summed E-state index contributed by atoms with van der Waals surface area (Å²) >= 11 is 13.9. The van der Waals surface area contributed by atoms with E-state index in [1.54, 1.807) is 0 Å². The summed E-state index contributed by atoms with van der Waals surface area (Å²) in [5.74, 6) is -0.134. The number of fused-ring (bicyclic) bond motifs is 1. The predicted molar refractivity (Wildman–Crippen MR) is 123 cm³/mol. The highest BCUT2D eigenvalue weighted by Gasteiger charge is 2.25. The van der Waals surface area contributed by atoms with E-state index in [-0.39, 0.29) is 11.9 Å². The van der Waals surface area contributed by atoms with Gasteiger partial charge in [0.2, 0.25) is 0 Å². The molecule has 0 fully saturated rings. The molecule has 2 heterocycles. The molecule has 29 heavy (non-hydrogen) atoms. The van der Waals surface area contributed by atoms with Crippen LogP contribution in [-0.2, 0) is 12.8 Å². The number of carbonyl (C=O) groups is 1. The van der Waals surface area contributed by atoms with Gasteiger partial charge in [-0.1, -0.05) is 35.3 Å². The van der Waals surface area contributed by atoms with Gasteiger partial charge in [0.15, 0.2) is 0 Å². The van der Waals surface area contributed by atoms with Crippen LogP contribution in [0.25, 0.3) is 5.70 Å². The van der Waals surface area contributed by atoms with E-state index in [4.69, 9.17) is 28.9 Å². The molecule has 2 aromatic rings. The summed E-state index contributed by atoms with van der Waals surface area (Å²) in [6.07, 6.45) is 2.41. The molecule has 1 aromatic carbocycles. The van der Waals surface area contributed by atoms with Crippen molar-refractivity contribution in [2.45, 2.75) is 32.2 Å². The minimum Gasteiger partial charge on any atom is -0.347 e. The molecule has 1 unspecified atom stereocenters. The number of aryl methyl sites for hydroxylation is 1.